The van der Waals surface area contributed by atoms with E-state index in [0.717, 1.165) is 29.7 Å². The van der Waals surface area contributed by atoms with E-state index >= 15 is 0 Å². The zero-order valence-corrected chi connectivity index (χ0v) is 21.4. The fourth-order valence-corrected chi connectivity index (χ4v) is 5.44. The number of carbonyl (C=O) groups is 1. The van der Waals surface area contributed by atoms with Gasteiger partial charge in [-0.15, -0.1) is 10.2 Å². The average molecular weight is 497 g/mol. The molecule has 4 heterocycles. The van der Waals surface area contributed by atoms with Crippen LogP contribution in [0.1, 0.15) is 70.1 Å². The summed E-state index contributed by atoms with van der Waals surface area (Å²) in [5.74, 6) is 1.19. The molecule has 1 N–H and O–H groups in total. The summed E-state index contributed by atoms with van der Waals surface area (Å²) in [7, 11) is 0. The summed E-state index contributed by atoms with van der Waals surface area (Å²) in [6, 6.07) is 3.12. The Labute approximate surface area is 210 Å². The van der Waals surface area contributed by atoms with Crippen LogP contribution in [0.4, 0.5) is 15.1 Å². The molecule has 1 aromatic carbocycles. The Hall–Kier alpha value is -3.43. The molecule has 1 fully saturated rings. The minimum Gasteiger partial charge on any atom is -0.493 e. The van der Waals surface area contributed by atoms with Gasteiger partial charge in [0.2, 0.25) is 5.95 Å². The topological polar surface area (TPSA) is 93.9 Å². The molecule has 2 atom stereocenters. The van der Waals surface area contributed by atoms with Crippen molar-refractivity contribution in [2.75, 3.05) is 11.9 Å². The maximum Gasteiger partial charge on any atom is 0.410 e. The standard InChI is InChI=1S/C26H33FN6O3/c1-15-10-17(11-16(2)33(15)25(34)36-26(3,4)5)19-12-28-24(32-14-30-31-23(19)32)29-13-20-18-8-9-35-22(18)7-6-21(20)27/h6-7,12,14-17H,8-11,13H2,1-5H3,(H,28,29). The summed E-state index contributed by atoms with van der Waals surface area (Å²) in [5.41, 5.74) is 2.66. The molecular weight excluding hydrogens is 463 g/mol. The van der Waals surface area contributed by atoms with Crippen LogP contribution < -0.4 is 10.1 Å². The number of ether oxygens (including phenoxy) is 2. The third-order valence-corrected chi connectivity index (χ3v) is 6.97. The van der Waals surface area contributed by atoms with Crippen LogP contribution in [0, 0.1) is 5.82 Å². The first-order valence-electron chi connectivity index (χ1n) is 12.5. The van der Waals surface area contributed by atoms with Crippen LogP contribution in [0.3, 0.4) is 0 Å². The van der Waals surface area contributed by atoms with Gasteiger partial charge in [0.25, 0.3) is 0 Å². The number of amides is 1. The number of benzene rings is 1. The van der Waals surface area contributed by atoms with Gasteiger partial charge in [-0.25, -0.2) is 14.2 Å². The van der Waals surface area contributed by atoms with Crippen LogP contribution in [0.25, 0.3) is 5.65 Å². The molecule has 0 bridgehead atoms. The largest absolute Gasteiger partial charge is 0.493 e. The Morgan fingerprint density at radius 1 is 1.25 bits per heavy atom. The maximum atomic E-state index is 14.6. The van der Waals surface area contributed by atoms with Crippen LogP contribution in [0.2, 0.25) is 0 Å². The number of nitrogens with zero attached hydrogens (tertiary/aromatic N) is 5. The van der Waals surface area contributed by atoms with Gasteiger partial charge in [0, 0.05) is 47.9 Å². The van der Waals surface area contributed by atoms with Crippen LogP contribution >= 0.6 is 0 Å². The minimum atomic E-state index is -0.538. The predicted molar refractivity (Wildman–Crippen MR) is 133 cm³/mol. The van der Waals surface area contributed by atoms with Gasteiger partial charge < -0.3 is 19.7 Å². The molecule has 0 spiro atoms. The normalized spacial score (nSPS) is 21.8. The number of nitrogens with one attached hydrogen (secondary N) is 1. The number of likely N-dealkylation sites (tertiary alicyclic amines) is 1. The highest BCUT2D eigenvalue weighted by molar-refractivity contribution is 5.69. The first kappa shape index (κ1) is 24.3. The first-order chi connectivity index (χ1) is 17.1. The molecule has 36 heavy (non-hydrogen) atoms. The lowest BCUT2D eigenvalue weighted by molar-refractivity contribution is -0.00251. The number of fused-ring (bicyclic) bond motifs is 2. The van der Waals surface area contributed by atoms with Crippen LogP contribution in [0.5, 0.6) is 5.75 Å². The molecule has 2 aromatic heterocycles. The monoisotopic (exact) mass is 496 g/mol. The highest BCUT2D eigenvalue weighted by Crippen LogP contribution is 2.37. The fourth-order valence-electron chi connectivity index (χ4n) is 5.44. The molecule has 1 amide bonds. The van der Waals surface area contributed by atoms with E-state index in [1.54, 1.807) is 12.4 Å². The Morgan fingerprint density at radius 2 is 2.00 bits per heavy atom. The first-order valence-corrected chi connectivity index (χ1v) is 12.5. The second kappa shape index (κ2) is 9.22. The molecule has 192 valence electrons. The van der Waals surface area contributed by atoms with E-state index in [-0.39, 0.29) is 36.5 Å². The number of piperidine rings is 1. The summed E-state index contributed by atoms with van der Waals surface area (Å²) in [6.07, 6.45) is 5.39. The van der Waals surface area contributed by atoms with Crippen LogP contribution in [-0.2, 0) is 17.7 Å². The van der Waals surface area contributed by atoms with Crippen molar-refractivity contribution in [2.45, 2.75) is 84.0 Å². The average Bonchev–Trinajstić information content (AvgIpc) is 3.46. The third-order valence-electron chi connectivity index (χ3n) is 6.97. The minimum absolute atomic E-state index is 0.000238. The molecule has 1 saturated heterocycles. The van der Waals surface area contributed by atoms with E-state index in [9.17, 15) is 9.18 Å². The summed E-state index contributed by atoms with van der Waals surface area (Å²) >= 11 is 0. The number of aromatic nitrogens is 4. The van der Waals surface area contributed by atoms with Gasteiger partial charge >= 0.3 is 6.09 Å². The van der Waals surface area contributed by atoms with Gasteiger partial charge in [0.15, 0.2) is 5.65 Å². The highest BCUT2D eigenvalue weighted by atomic mass is 19.1. The highest BCUT2D eigenvalue weighted by Gasteiger charge is 2.38. The molecule has 0 aliphatic carbocycles. The van der Waals surface area contributed by atoms with Gasteiger partial charge in [-0.1, -0.05) is 0 Å². The van der Waals surface area contributed by atoms with Crippen molar-refractivity contribution < 1.29 is 18.7 Å². The molecule has 5 rings (SSSR count). The second-order valence-electron chi connectivity index (χ2n) is 10.8. The van der Waals surface area contributed by atoms with Gasteiger partial charge in [0.1, 0.15) is 23.5 Å². The maximum absolute atomic E-state index is 14.6. The van der Waals surface area contributed by atoms with Crippen LogP contribution in [-0.4, -0.2) is 54.9 Å². The van der Waals surface area contributed by atoms with E-state index in [4.69, 9.17) is 9.47 Å². The summed E-state index contributed by atoms with van der Waals surface area (Å²) in [5, 5.41) is 11.8. The Balaban J connectivity index is 1.35. The Bertz CT molecular complexity index is 1270. The third kappa shape index (κ3) is 4.56. The molecule has 0 radical (unpaired) electrons. The molecule has 3 aromatic rings. The molecule has 2 aliphatic heterocycles. The summed E-state index contributed by atoms with van der Waals surface area (Å²) in [6.45, 7) is 10.6. The lowest BCUT2D eigenvalue weighted by Crippen LogP contribution is -2.51. The summed E-state index contributed by atoms with van der Waals surface area (Å²) in [4.78, 5) is 19.3. The van der Waals surface area contributed by atoms with E-state index < -0.39 is 5.60 Å². The zero-order chi connectivity index (χ0) is 25.6. The molecule has 9 nitrogen and oxygen atoms in total. The number of halogens is 1. The fraction of sp³-hybridized carbons (Fsp3) is 0.538. The van der Waals surface area contributed by atoms with Gasteiger partial charge in [-0.3, -0.25) is 4.40 Å². The van der Waals surface area contributed by atoms with Gasteiger partial charge in [-0.05, 0) is 65.5 Å². The van der Waals surface area contributed by atoms with Crippen molar-refractivity contribution in [1.29, 1.82) is 0 Å². The number of carbonyl (C=O) groups excluding carboxylic acids is 1. The molecule has 10 heteroatoms. The van der Waals surface area contributed by atoms with E-state index in [1.807, 2.05) is 50.1 Å². The van der Waals surface area contributed by atoms with E-state index in [1.165, 1.54) is 6.07 Å². The lowest BCUT2D eigenvalue weighted by atomic mass is 9.83. The molecule has 2 unspecified atom stereocenters. The Kier molecular flexibility index (Phi) is 6.22. The number of hydrogen-bond donors (Lipinski definition) is 1. The molecular formula is C26H33FN6O3. The van der Waals surface area contributed by atoms with Crippen molar-refractivity contribution >= 4 is 17.7 Å². The van der Waals surface area contributed by atoms with Crippen LogP contribution in [0.15, 0.2) is 24.7 Å². The van der Waals surface area contributed by atoms with Crippen molar-refractivity contribution in [1.82, 2.24) is 24.5 Å². The Morgan fingerprint density at radius 3 is 2.72 bits per heavy atom. The number of anilines is 1. The smallest absolute Gasteiger partial charge is 0.410 e. The second-order valence-corrected chi connectivity index (χ2v) is 10.8. The van der Waals surface area contributed by atoms with Crippen molar-refractivity contribution in [3.05, 3.63) is 47.2 Å². The lowest BCUT2D eigenvalue weighted by Gasteiger charge is -2.42. The van der Waals surface area contributed by atoms with Gasteiger partial charge in [0.05, 0.1) is 6.61 Å². The van der Waals surface area contributed by atoms with Crippen molar-refractivity contribution in [3.63, 3.8) is 0 Å². The van der Waals surface area contributed by atoms with E-state index in [2.05, 4.69) is 20.5 Å². The van der Waals surface area contributed by atoms with Crippen molar-refractivity contribution in [3.8, 4) is 5.75 Å². The van der Waals surface area contributed by atoms with Gasteiger partial charge in [-0.2, -0.15) is 0 Å². The SMILES string of the molecule is CC1CC(c2cnc(NCc3c(F)ccc4c3CCO4)n3cnnc23)CC(C)N1C(=O)OC(C)(C)C. The predicted octanol–water partition coefficient (Wildman–Crippen LogP) is 4.70. The quantitative estimate of drug-likeness (QED) is 0.559. The number of hydrogen-bond acceptors (Lipinski definition) is 7. The summed E-state index contributed by atoms with van der Waals surface area (Å²) < 4.78 is 27.6. The molecule has 2 aliphatic rings. The number of rotatable bonds is 4. The zero-order valence-electron chi connectivity index (χ0n) is 21.4. The van der Waals surface area contributed by atoms with Crippen molar-refractivity contribution in [2.24, 2.45) is 0 Å². The van der Waals surface area contributed by atoms with E-state index in [0.29, 0.717) is 30.2 Å². The molecule has 0 saturated carbocycles.